The van der Waals surface area contributed by atoms with Crippen molar-refractivity contribution >= 4 is 28.6 Å². The molecule has 4 aromatic rings. The maximum absolute atomic E-state index is 12.9. The summed E-state index contributed by atoms with van der Waals surface area (Å²) in [6.07, 6.45) is -1.33. The predicted molar refractivity (Wildman–Crippen MR) is 88.5 cm³/mol. The first-order valence-corrected chi connectivity index (χ1v) is 8.47. The summed E-state index contributed by atoms with van der Waals surface area (Å²) in [5.74, 6) is 0.234. The van der Waals surface area contributed by atoms with E-state index in [2.05, 4.69) is 20.3 Å². The number of rotatable bonds is 2. The molecule has 4 rings (SSSR count). The van der Waals surface area contributed by atoms with Crippen LogP contribution in [0.4, 0.5) is 13.2 Å². The quantitative estimate of drug-likeness (QED) is 0.499. The lowest BCUT2D eigenvalue weighted by molar-refractivity contribution is -0.137. The number of pyridine rings is 1. The van der Waals surface area contributed by atoms with Gasteiger partial charge in [-0.25, -0.2) is 0 Å². The van der Waals surface area contributed by atoms with E-state index in [1.165, 1.54) is 40.7 Å². The van der Waals surface area contributed by atoms with E-state index in [0.717, 1.165) is 16.7 Å². The fourth-order valence-corrected chi connectivity index (χ4v) is 2.85. The smallest absolute Gasteiger partial charge is 0.282 e. The molecule has 26 heavy (non-hydrogen) atoms. The molecule has 132 valence electrons. The third-order valence-electron chi connectivity index (χ3n) is 3.72. The van der Waals surface area contributed by atoms with Crippen LogP contribution in [0.1, 0.15) is 5.56 Å². The van der Waals surface area contributed by atoms with Crippen molar-refractivity contribution in [2.45, 2.75) is 11.3 Å². The molecule has 11 heteroatoms. The van der Waals surface area contributed by atoms with Gasteiger partial charge < -0.3 is 0 Å². The lowest BCUT2D eigenvalue weighted by Gasteiger charge is -2.10. The summed E-state index contributed by atoms with van der Waals surface area (Å²) in [6, 6.07) is 6.04. The van der Waals surface area contributed by atoms with E-state index >= 15 is 0 Å². The molecule has 7 nitrogen and oxygen atoms in total. The largest absolute Gasteiger partial charge is 0.416 e. The molecular formula is C15H9F3N6OS. The van der Waals surface area contributed by atoms with Crippen molar-refractivity contribution in [3.63, 3.8) is 0 Å². The Morgan fingerprint density at radius 1 is 1.15 bits per heavy atom. The number of fused-ring (bicyclic) bond motifs is 3. The van der Waals surface area contributed by atoms with Gasteiger partial charge in [0.1, 0.15) is 5.52 Å². The number of benzene rings is 1. The Morgan fingerprint density at radius 2 is 1.96 bits per heavy atom. The third kappa shape index (κ3) is 2.60. The van der Waals surface area contributed by atoms with Crippen LogP contribution in [0.5, 0.6) is 0 Å². The van der Waals surface area contributed by atoms with Crippen molar-refractivity contribution in [2.75, 3.05) is 6.26 Å². The average Bonchev–Trinajstić information content (AvgIpc) is 3.05. The maximum atomic E-state index is 12.9. The summed E-state index contributed by atoms with van der Waals surface area (Å²) >= 11 is 1.31. The SMILES string of the molecule is CSc1nc2nnc3c(=O)n(-c4cccc(C(F)(F)F)c4)ccc3n2n1. The van der Waals surface area contributed by atoms with Crippen molar-refractivity contribution in [3.05, 3.63) is 52.4 Å². The zero-order valence-electron chi connectivity index (χ0n) is 13.1. The van der Waals surface area contributed by atoms with Gasteiger partial charge in [-0.05, 0) is 30.5 Å². The normalized spacial score (nSPS) is 12.2. The number of alkyl halides is 3. The Labute approximate surface area is 147 Å². The van der Waals surface area contributed by atoms with Gasteiger partial charge in [-0.15, -0.1) is 15.3 Å². The number of nitrogens with zero attached hydrogens (tertiary/aromatic N) is 6. The molecule has 0 fully saturated rings. The number of aromatic nitrogens is 6. The second-order valence-corrected chi connectivity index (χ2v) is 6.06. The number of hydrogen-bond donors (Lipinski definition) is 0. The van der Waals surface area contributed by atoms with Crippen molar-refractivity contribution in [1.29, 1.82) is 0 Å². The van der Waals surface area contributed by atoms with Crippen LogP contribution in [-0.2, 0) is 6.18 Å². The van der Waals surface area contributed by atoms with Gasteiger partial charge >= 0.3 is 6.18 Å². The van der Waals surface area contributed by atoms with Crippen LogP contribution >= 0.6 is 11.8 Å². The van der Waals surface area contributed by atoms with Gasteiger partial charge in [-0.3, -0.25) is 9.36 Å². The molecule has 0 aliphatic heterocycles. The summed E-state index contributed by atoms with van der Waals surface area (Å²) < 4.78 is 41.2. The van der Waals surface area contributed by atoms with Crippen molar-refractivity contribution in [3.8, 4) is 5.69 Å². The zero-order chi connectivity index (χ0) is 18.5. The molecular weight excluding hydrogens is 369 g/mol. The first kappa shape index (κ1) is 16.5. The molecule has 0 saturated heterocycles. The fraction of sp³-hybridized carbons (Fsp3) is 0.133. The Morgan fingerprint density at radius 3 is 2.69 bits per heavy atom. The number of thioether (sulfide) groups is 1. The highest BCUT2D eigenvalue weighted by Crippen LogP contribution is 2.30. The maximum Gasteiger partial charge on any atom is 0.416 e. The van der Waals surface area contributed by atoms with Crippen LogP contribution < -0.4 is 5.56 Å². The highest BCUT2D eigenvalue weighted by molar-refractivity contribution is 7.98. The molecule has 3 aromatic heterocycles. The molecule has 0 aliphatic carbocycles. The van der Waals surface area contributed by atoms with Crippen LogP contribution in [0.15, 0.2) is 46.5 Å². The van der Waals surface area contributed by atoms with Crippen LogP contribution in [0, 0.1) is 0 Å². The van der Waals surface area contributed by atoms with Crippen molar-refractivity contribution < 1.29 is 13.2 Å². The van der Waals surface area contributed by atoms with Crippen LogP contribution in [0.3, 0.4) is 0 Å². The topological polar surface area (TPSA) is 78.0 Å². The van der Waals surface area contributed by atoms with Crippen molar-refractivity contribution in [2.24, 2.45) is 0 Å². The highest BCUT2D eigenvalue weighted by Gasteiger charge is 2.30. The van der Waals surface area contributed by atoms with E-state index in [9.17, 15) is 18.0 Å². The van der Waals surface area contributed by atoms with Crippen molar-refractivity contribution in [1.82, 2.24) is 29.4 Å². The molecule has 0 amide bonds. The standard InChI is InChI=1S/C15H9F3N6OS/c1-26-14-19-13-21-20-11-10(24(13)22-14)5-6-23(12(11)25)9-4-2-3-8(7-9)15(16,17)18/h2-7H,1H3. The minimum absolute atomic E-state index is 0.0186. The fourth-order valence-electron chi connectivity index (χ4n) is 2.51. The van der Waals surface area contributed by atoms with E-state index in [-0.39, 0.29) is 17.0 Å². The summed E-state index contributed by atoms with van der Waals surface area (Å²) in [4.78, 5) is 16.9. The molecule has 0 atom stereocenters. The molecule has 0 unspecified atom stereocenters. The predicted octanol–water partition coefficient (Wildman–Crippen LogP) is 2.56. The minimum Gasteiger partial charge on any atom is -0.282 e. The molecule has 0 spiro atoms. The summed E-state index contributed by atoms with van der Waals surface area (Å²) in [6.45, 7) is 0. The van der Waals surface area contributed by atoms with Crippen LogP contribution in [-0.4, -0.2) is 35.6 Å². The molecule has 0 saturated carbocycles. The Kier molecular flexibility index (Phi) is 3.68. The van der Waals surface area contributed by atoms with Gasteiger partial charge in [-0.2, -0.15) is 22.7 Å². The van der Waals surface area contributed by atoms with E-state index in [1.54, 1.807) is 6.26 Å². The van der Waals surface area contributed by atoms with Gasteiger partial charge in [0, 0.05) is 11.9 Å². The molecule has 0 aliphatic rings. The second kappa shape index (κ2) is 5.80. The Balaban J connectivity index is 1.94. The van der Waals surface area contributed by atoms with Crippen LogP contribution in [0.2, 0.25) is 0 Å². The zero-order valence-corrected chi connectivity index (χ0v) is 13.9. The summed E-state index contributed by atoms with van der Waals surface area (Å²) in [5, 5.41) is 12.4. The third-order valence-corrected chi connectivity index (χ3v) is 4.26. The molecule has 0 bridgehead atoms. The highest BCUT2D eigenvalue weighted by atomic mass is 32.2. The minimum atomic E-state index is -4.50. The summed E-state index contributed by atoms with van der Waals surface area (Å²) in [5.41, 5.74) is -1.01. The van der Waals surface area contributed by atoms with Gasteiger partial charge in [0.25, 0.3) is 11.3 Å². The second-order valence-electron chi connectivity index (χ2n) is 5.28. The van der Waals surface area contributed by atoms with Gasteiger partial charge in [-0.1, -0.05) is 17.8 Å². The van der Waals surface area contributed by atoms with E-state index in [1.807, 2.05) is 0 Å². The van der Waals surface area contributed by atoms with Gasteiger partial charge in [0.2, 0.25) is 5.16 Å². The molecule has 3 heterocycles. The van der Waals surface area contributed by atoms with E-state index in [4.69, 9.17) is 0 Å². The first-order valence-electron chi connectivity index (χ1n) is 7.25. The van der Waals surface area contributed by atoms with E-state index in [0.29, 0.717) is 10.7 Å². The summed E-state index contributed by atoms with van der Waals surface area (Å²) in [7, 11) is 0. The number of halogens is 3. The Hall–Kier alpha value is -2.95. The Bertz CT molecular complexity index is 1200. The lowest BCUT2D eigenvalue weighted by atomic mass is 10.2. The molecule has 1 aromatic carbocycles. The molecule has 0 radical (unpaired) electrons. The monoisotopic (exact) mass is 378 g/mol. The molecule has 0 N–H and O–H groups in total. The lowest BCUT2D eigenvalue weighted by Crippen LogP contribution is -2.20. The van der Waals surface area contributed by atoms with E-state index < -0.39 is 17.3 Å². The number of hydrogen-bond acceptors (Lipinski definition) is 6. The van der Waals surface area contributed by atoms with Gasteiger partial charge in [0.15, 0.2) is 5.52 Å². The van der Waals surface area contributed by atoms with Gasteiger partial charge in [0.05, 0.1) is 5.56 Å². The first-order chi connectivity index (χ1) is 12.4. The average molecular weight is 378 g/mol. The van der Waals surface area contributed by atoms with Crippen LogP contribution in [0.25, 0.3) is 22.5 Å².